The predicted octanol–water partition coefficient (Wildman–Crippen LogP) is 0.0717. The molecule has 0 saturated heterocycles. The number of rotatable bonds is 1. The molecule has 8 heteroatoms. The van der Waals surface area contributed by atoms with Gasteiger partial charge < -0.3 is 15.6 Å². The first-order chi connectivity index (χ1) is 7.08. The number of carbonyl (C=O) groups is 1. The molecule has 0 spiro atoms. The Hall–Kier alpha value is -2.38. The first-order valence-corrected chi connectivity index (χ1v) is 3.97. The number of aromatic nitrogens is 4. The van der Waals surface area contributed by atoms with Gasteiger partial charge in [0.25, 0.3) is 0 Å². The highest BCUT2D eigenvalue weighted by molar-refractivity contribution is 5.61. The first-order valence-electron chi connectivity index (χ1n) is 3.97. The summed E-state index contributed by atoms with van der Waals surface area (Å²) in [4.78, 5) is 10.3. The van der Waals surface area contributed by atoms with Gasteiger partial charge in [-0.15, -0.1) is 15.3 Å². The molecule has 0 aliphatic carbocycles. The minimum atomic E-state index is -1.44. The van der Waals surface area contributed by atoms with Crippen LogP contribution in [-0.4, -0.2) is 31.1 Å². The summed E-state index contributed by atoms with van der Waals surface area (Å²) < 4.78 is 5.62. The molecular formula is C7H7N5O3. The lowest BCUT2D eigenvalue weighted by molar-refractivity contribution is 0.142. The quantitative estimate of drug-likeness (QED) is 0.638. The molecule has 0 fully saturated rings. The summed E-state index contributed by atoms with van der Waals surface area (Å²) >= 11 is 0. The van der Waals surface area contributed by atoms with Crippen molar-refractivity contribution < 1.29 is 14.6 Å². The van der Waals surface area contributed by atoms with Crippen LogP contribution >= 0.6 is 0 Å². The molecule has 2 aromatic heterocycles. The second-order valence-electron chi connectivity index (χ2n) is 2.83. The van der Waals surface area contributed by atoms with Gasteiger partial charge in [0.05, 0.1) is 0 Å². The Morgan fingerprint density at radius 3 is 3.00 bits per heavy atom. The zero-order chi connectivity index (χ0) is 11.0. The van der Waals surface area contributed by atoms with E-state index in [9.17, 15) is 4.79 Å². The molecule has 0 bridgehead atoms. The fraction of sp³-hybridized carbons (Fsp3) is 0.143. The number of nitrogens with zero attached hydrogens (tertiary/aromatic N) is 4. The van der Waals surface area contributed by atoms with E-state index < -0.39 is 6.16 Å². The van der Waals surface area contributed by atoms with Crippen molar-refractivity contribution >= 4 is 17.8 Å². The number of carboxylic acid groups (broad SMARTS) is 1. The zero-order valence-electron chi connectivity index (χ0n) is 7.71. The highest BCUT2D eigenvalue weighted by Gasteiger charge is 2.10. The van der Waals surface area contributed by atoms with Crippen LogP contribution in [0.4, 0.5) is 10.7 Å². The van der Waals surface area contributed by atoms with Gasteiger partial charge in [0.2, 0.25) is 11.8 Å². The van der Waals surface area contributed by atoms with Crippen LogP contribution in [0.5, 0.6) is 5.88 Å². The molecule has 0 amide bonds. The van der Waals surface area contributed by atoms with E-state index in [4.69, 9.17) is 10.8 Å². The van der Waals surface area contributed by atoms with E-state index in [1.54, 1.807) is 6.92 Å². The molecule has 15 heavy (non-hydrogen) atoms. The number of nitrogens with two attached hydrogens (primary N) is 1. The van der Waals surface area contributed by atoms with E-state index in [0.29, 0.717) is 11.2 Å². The minimum Gasteiger partial charge on any atom is -0.449 e. The number of hydrogen-bond acceptors (Lipinski definition) is 6. The summed E-state index contributed by atoms with van der Waals surface area (Å²) in [6, 6.07) is 1.44. The van der Waals surface area contributed by atoms with Crippen molar-refractivity contribution in [3.05, 3.63) is 11.6 Å². The van der Waals surface area contributed by atoms with E-state index in [1.807, 2.05) is 0 Å². The van der Waals surface area contributed by atoms with Gasteiger partial charge in [-0.25, -0.2) is 4.79 Å². The molecule has 0 aliphatic heterocycles. The Morgan fingerprint density at radius 2 is 2.33 bits per heavy atom. The lowest BCUT2D eigenvalue weighted by atomic mass is 10.3. The maximum atomic E-state index is 10.3. The fourth-order valence-corrected chi connectivity index (χ4v) is 1.15. The van der Waals surface area contributed by atoms with Crippen LogP contribution in [0.3, 0.4) is 0 Å². The summed E-state index contributed by atoms with van der Waals surface area (Å²) in [5, 5.41) is 19.6. The number of ether oxygens (including phenoxy) is 1. The molecule has 0 radical (unpaired) electrons. The zero-order valence-corrected chi connectivity index (χ0v) is 7.71. The second-order valence-corrected chi connectivity index (χ2v) is 2.83. The second kappa shape index (κ2) is 3.08. The number of hydrogen-bond donors (Lipinski definition) is 2. The predicted molar refractivity (Wildman–Crippen MR) is 48.6 cm³/mol. The Bertz CT molecular complexity index is 535. The third kappa shape index (κ3) is 1.52. The van der Waals surface area contributed by atoms with Gasteiger partial charge >= 0.3 is 6.16 Å². The molecule has 78 valence electrons. The monoisotopic (exact) mass is 209 g/mol. The topological polar surface area (TPSA) is 116 Å². The van der Waals surface area contributed by atoms with Crippen LogP contribution in [-0.2, 0) is 0 Å². The molecular weight excluding hydrogens is 202 g/mol. The maximum absolute atomic E-state index is 10.3. The molecule has 2 rings (SSSR count). The van der Waals surface area contributed by atoms with E-state index in [2.05, 4.69) is 20.0 Å². The van der Waals surface area contributed by atoms with Crippen molar-refractivity contribution in [2.24, 2.45) is 0 Å². The Labute approximate surface area is 83.3 Å². The Balaban J connectivity index is 2.59. The number of anilines is 1. The van der Waals surface area contributed by atoms with Gasteiger partial charge in [0, 0.05) is 11.6 Å². The Kier molecular flexibility index (Phi) is 1.89. The maximum Gasteiger partial charge on any atom is 0.512 e. The fourth-order valence-electron chi connectivity index (χ4n) is 1.15. The van der Waals surface area contributed by atoms with Crippen molar-refractivity contribution in [3.8, 4) is 5.88 Å². The highest BCUT2D eigenvalue weighted by atomic mass is 16.7. The molecule has 2 heterocycles. The molecule has 2 aromatic rings. The van der Waals surface area contributed by atoms with Crippen molar-refractivity contribution in [3.63, 3.8) is 0 Å². The first kappa shape index (κ1) is 9.19. The van der Waals surface area contributed by atoms with Gasteiger partial charge in [-0.3, -0.25) is 0 Å². The van der Waals surface area contributed by atoms with E-state index in [1.165, 1.54) is 10.6 Å². The van der Waals surface area contributed by atoms with Crippen molar-refractivity contribution in [1.82, 2.24) is 19.8 Å². The molecule has 0 aromatic carbocycles. The van der Waals surface area contributed by atoms with Crippen LogP contribution in [0.2, 0.25) is 0 Å². The van der Waals surface area contributed by atoms with Crippen LogP contribution in [0.15, 0.2) is 6.07 Å². The lowest BCUT2D eigenvalue weighted by Gasteiger charge is -2.01. The molecule has 0 saturated carbocycles. The third-order valence-electron chi connectivity index (χ3n) is 1.75. The van der Waals surface area contributed by atoms with E-state index in [-0.39, 0.29) is 11.8 Å². The van der Waals surface area contributed by atoms with Crippen LogP contribution < -0.4 is 10.5 Å². The molecule has 0 unspecified atom stereocenters. The number of fused-ring (bicyclic) bond motifs is 1. The summed E-state index contributed by atoms with van der Waals surface area (Å²) in [7, 11) is 0. The highest BCUT2D eigenvalue weighted by Crippen LogP contribution is 2.15. The largest absolute Gasteiger partial charge is 0.512 e. The van der Waals surface area contributed by atoms with Gasteiger partial charge in [-0.2, -0.15) is 4.52 Å². The van der Waals surface area contributed by atoms with E-state index in [0.717, 1.165) is 0 Å². The SMILES string of the molecule is Cc1cc(OC(=O)O)nn2c(N)nnc12. The standard InChI is InChI=1S/C7H7N5O3/c1-3-2-4(15-7(13)14)11-12-5(3)9-10-6(12)8/h2H,1H3,(H2,8,10)(H,13,14). The van der Waals surface area contributed by atoms with Crippen LogP contribution in [0.25, 0.3) is 5.65 Å². The van der Waals surface area contributed by atoms with Crippen LogP contribution in [0.1, 0.15) is 5.56 Å². The molecule has 8 nitrogen and oxygen atoms in total. The van der Waals surface area contributed by atoms with Crippen LogP contribution in [0, 0.1) is 6.92 Å². The molecule has 0 aliphatic rings. The van der Waals surface area contributed by atoms with Gasteiger partial charge in [0.15, 0.2) is 5.65 Å². The molecule has 3 N–H and O–H groups in total. The van der Waals surface area contributed by atoms with Crippen molar-refractivity contribution in [1.29, 1.82) is 0 Å². The number of aryl methyl sites for hydroxylation is 1. The Morgan fingerprint density at radius 1 is 1.60 bits per heavy atom. The minimum absolute atomic E-state index is 0.0704. The summed E-state index contributed by atoms with van der Waals surface area (Å²) in [5.74, 6) is 0.00272. The van der Waals surface area contributed by atoms with Crippen molar-refractivity contribution in [2.45, 2.75) is 6.92 Å². The summed E-state index contributed by atoms with van der Waals surface area (Å²) in [5.41, 5.74) is 6.60. The normalized spacial score (nSPS) is 10.5. The smallest absolute Gasteiger partial charge is 0.449 e. The van der Waals surface area contributed by atoms with E-state index >= 15 is 0 Å². The lowest BCUT2D eigenvalue weighted by Crippen LogP contribution is -2.08. The van der Waals surface area contributed by atoms with Crippen molar-refractivity contribution in [2.75, 3.05) is 5.73 Å². The number of nitrogen functional groups attached to an aromatic ring is 1. The average molecular weight is 209 g/mol. The summed E-state index contributed by atoms with van der Waals surface area (Å²) in [6.07, 6.45) is -1.44. The van der Waals surface area contributed by atoms with Gasteiger partial charge in [-0.1, -0.05) is 0 Å². The van der Waals surface area contributed by atoms with Gasteiger partial charge in [0.1, 0.15) is 0 Å². The summed E-state index contributed by atoms with van der Waals surface area (Å²) in [6.45, 7) is 1.72. The third-order valence-corrected chi connectivity index (χ3v) is 1.75. The molecule has 0 atom stereocenters. The average Bonchev–Trinajstić information content (AvgIpc) is 2.47. The van der Waals surface area contributed by atoms with Gasteiger partial charge in [-0.05, 0) is 6.92 Å².